The van der Waals surface area contributed by atoms with E-state index in [9.17, 15) is 4.79 Å². The van der Waals surface area contributed by atoms with Gasteiger partial charge in [-0.25, -0.2) is 0 Å². The molecule has 25 heavy (non-hydrogen) atoms. The summed E-state index contributed by atoms with van der Waals surface area (Å²) >= 11 is 0. The van der Waals surface area contributed by atoms with E-state index in [2.05, 4.69) is 28.7 Å². The lowest BCUT2D eigenvalue weighted by Crippen LogP contribution is -2.45. The summed E-state index contributed by atoms with van der Waals surface area (Å²) < 4.78 is 1.93. The minimum absolute atomic E-state index is 0.341. The Balaban J connectivity index is 1.37. The summed E-state index contributed by atoms with van der Waals surface area (Å²) in [4.78, 5) is 17.8. The normalized spacial score (nSPS) is 26.9. The van der Waals surface area contributed by atoms with Crippen molar-refractivity contribution in [3.63, 3.8) is 0 Å². The fourth-order valence-corrected chi connectivity index (χ4v) is 4.81. The second kappa shape index (κ2) is 6.75. The predicted octanol–water partition coefficient (Wildman–Crippen LogP) is 2.30. The number of hydrogen-bond acceptors (Lipinski definition) is 3. The van der Waals surface area contributed by atoms with Crippen molar-refractivity contribution in [3.8, 4) is 0 Å². The van der Waals surface area contributed by atoms with E-state index < -0.39 is 0 Å². The molecule has 1 aromatic rings. The van der Waals surface area contributed by atoms with E-state index in [0.29, 0.717) is 24.3 Å². The molecule has 5 nitrogen and oxygen atoms in total. The zero-order chi connectivity index (χ0) is 17.6. The molecule has 3 aliphatic heterocycles. The van der Waals surface area contributed by atoms with Crippen LogP contribution in [0.15, 0.2) is 0 Å². The van der Waals surface area contributed by atoms with Gasteiger partial charge in [0.05, 0.1) is 5.69 Å². The Morgan fingerprint density at radius 1 is 1.12 bits per heavy atom. The SMILES string of the molecule is Cc1nn(C)c(C)c1CCC(=O)N1C[C@@H]2CC[C@H](C1)N(CC1CC1)C2. The first-order valence-corrected chi connectivity index (χ1v) is 10.0. The average molecular weight is 345 g/mol. The Morgan fingerprint density at radius 3 is 2.60 bits per heavy atom. The van der Waals surface area contributed by atoms with Crippen LogP contribution in [-0.4, -0.2) is 57.7 Å². The van der Waals surface area contributed by atoms with Gasteiger partial charge in [0, 0.05) is 51.4 Å². The second-order valence-corrected chi connectivity index (χ2v) is 8.57. The molecule has 5 heteroatoms. The Morgan fingerprint density at radius 2 is 1.92 bits per heavy atom. The number of hydrogen-bond donors (Lipinski definition) is 0. The smallest absolute Gasteiger partial charge is 0.222 e. The van der Waals surface area contributed by atoms with Crippen molar-refractivity contribution in [3.05, 3.63) is 17.0 Å². The first kappa shape index (κ1) is 17.1. The summed E-state index contributed by atoms with van der Waals surface area (Å²) in [7, 11) is 1.98. The Bertz CT molecular complexity index is 648. The van der Waals surface area contributed by atoms with Crippen molar-refractivity contribution in [2.75, 3.05) is 26.2 Å². The Hall–Kier alpha value is -1.36. The van der Waals surface area contributed by atoms with Crippen LogP contribution >= 0.6 is 0 Å². The molecule has 0 aromatic carbocycles. The van der Waals surface area contributed by atoms with E-state index in [0.717, 1.165) is 31.1 Å². The monoisotopic (exact) mass is 344 g/mol. The van der Waals surface area contributed by atoms with Crippen molar-refractivity contribution < 1.29 is 4.79 Å². The fraction of sp³-hybridized carbons (Fsp3) is 0.800. The molecule has 4 fully saturated rings. The maximum absolute atomic E-state index is 12.9. The number of aromatic nitrogens is 2. The van der Waals surface area contributed by atoms with E-state index in [1.54, 1.807) is 0 Å². The molecule has 1 aromatic heterocycles. The van der Waals surface area contributed by atoms with Gasteiger partial charge >= 0.3 is 0 Å². The van der Waals surface area contributed by atoms with Gasteiger partial charge in [-0.2, -0.15) is 5.10 Å². The summed E-state index contributed by atoms with van der Waals surface area (Å²) in [5.74, 6) is 1.97. The number of rotatable bonds is 5. The van der Waals surface area contributed by atoms with Gasteiger partial charge in [0.1, 0.15) is 0 Å². The molecule has 0 radical (unpaired) electrons. The first-order valence-electron chi connectivity index (χ1n) is 10.0. The van der Waals surface area contributed by atoms with Gasteiger partial charge in [-0.15, -0.1) is 0 Å². The summed E-state index contributed by atoms with van der Waals surface area (Å²) in [5, 5.41) is 4.48. The summed E-state index contributed by atoms with van der Waals surface area (Å²) in [5.41, 5.74) is 3.51. The molecule has 3 saturated heterocycles. The molecule has 1 aliphatic carbocycles. The molecule has 0 N–H and O–H groups in total. The molecule has 2 bridgehead atoms. The molecule has 1 amide bonds. The number of fused-ring (bicyclic) bond motifs is 4. The molecule has 0 unspecified atom stereocenters. The van der Waals surface area contributed by atoms with Gasteiger partial charge in [0.25, 0.3) is 0 Å². The summed E-state index contributed by atoms with van der Waals surface area (Å²) in [6.07, 6.45) is 6.86. The number of amides is 1. The van der Waals surface area contributed by atoms with E-state index >= 15 is 0 Å². The molecular formula is C20H32N4O. The van der Waals surface area contributed by atoms with E-state index in [1.165, 1.54) is 50.0 Å². The predicted molar refractivity (Wildman–Crippen MR) is 98.4 cm³/mol. The third kappa shape index (κ3) is 3.62. The first-order chi connectivity index (χ1) is 12.0. The lowest BCUT2D eigenvalue weighted by Gasteiger charge is -2.36. The third-order valence-corrected chi connectivity index (χ3v) is 6.62. The highest BCUT2D eigenvalue weighted by molar-refractivity contribution is 5.76. The van der Waals surface area contributed by atoms with Crippen LogP contribution in [-0.2, 0) is 18.3 Å². The number of aryl methyl sites for hydroxylation is 2. The van der Waals surface area contributed by atoms with Gasteiger partial charge in [-0.1, -0.05) is 0 Å². The number of carbonyl (C=O) groups excluding carboxylic acids is 1. The van der Waals surface area contributed by atoms with E-state index in [1.807, 2.05) is 11.7 Å². The second-order valence-electron chi connectivity index (χ2n) is 8.57. The minimum atomic E-state index is 0.341. The topological polar surface area (TPSA) is 41.4 Å². The molecule has 4 heterocycles. The van der Waals surface area contributed by atoms with Crippen LogP contribution in [0.3, 0.4) is 0 Å². The largest absolute Gasteiger partial charge is 0.341 e. The lowest BCUT2D eigenvalue weighted by atomic mass is 9.95. The van der Waals surface area contributed by atoms with Crippen LogP contribution < -0.4 is 0 Å². The Labute approximate surface area is 151 Å². The highest BCUT2D eigenvalue weighted by atomic mass is 16.2. The molecule has 138 valence electrons. The van der Waals surface area contributed by atoms with Crippen LogP contribution in [0.5, 0.6) is 0 Å². The van der Waals surface area contributed by atoms with Crippen molar-refractivity contribution in [1.29, 1.82) is 0 Å². The summed E-state index contributed by atoms with van der Waals surface area (Å²) in [6.45, 7) is 8.56. The van der Waals surface area contributed by atoms with Crippen molar-refractivity contribution in [2.45, 2.75) is 58.4 Å². The highest BCUT2D eigenvalue weighted by Crippen LogP contribution is 2.35. The van der Waals surface area contributed by atoms with Crippen molar-refractivity contribution in [1.82, 2.24) is 19.6 Å². The number of carbonyl (C=O) groups is 1. The number of piperidine rings is 1. The third-order valence-electron chi connectivity index (χ3n) is 6.62. The molecule has 2 atom stereocenters. The quantitative estimate of drug-likeness (QED) is 0.823. The number of nitrogens with zero attached hydrogens (tertiary/aromatic N) is 4. The van der Waals surface area contributed by atoms with E-state index in [4.69, 9.17) is 0 Å². The molecule has 4 aliphatic rings. The van der Waals surface area contributed by atoms with Gasteiger partial charge in [-0.05, 0) is 63.4 Å². The molecule has 0 spiro atoms. The van der Waals surface area contributed by atoms with Crippen molar-refractivity contribution in [2.24, 2.45) is 18.9 Å². The highest BCUT2D eigenvalue weighted by Gasteiger charge is 2.38. The maximum atomic E-state index is 12.9. The van der Waals surface area contributed by atoms with E-state index in [-0.39, 0.29) is 0 Å². The molecular weight excluding hydrogens is 312 g/mol. The van der Waals surface area contributed by atoms with Crippen molar-refractivity contribution >= 4 is 5.91 Å². The zero-order valence-corrected chi connectivity index (χ0v) is 16.0. The molecule has 1 saturated carbocycles. The summed E-state index contributed by atoms with van der Waals surface area (Å²) in [6, 6.07) is 0.602. The molecule has 5 rings (SSSR count). The van der Waals surface area contributed by atoms with Crippen LogP contribution in [0.4, 0.5) is 0 Å². The minimum Gasteiger partial charge on any atom is -0.341 e. The Kier molecular flexibility index (Phi) is 4.61. The average Bonchev–Trinajstić information content (AvgIpc) is 3.38. The lowest BCUT2D eigenvalue weighted by molar-refractivity contribution is -0.131. The van der Waals surface area contributed by atoms with Gasteiger partial charge in [0.15, 0.2) is 0 Å². The van der Waals surface area contributed by atoms with Gasteiger partial charge in [0.2, 0.25) is 5.91 Å². The van der Waals surface area contributed by atoms with Gasteiger partial charge < -0.3 is 4.90 Å². The zero-order valence-electron chi connectivity index (χ0n) is 16.0. The van der Waals surface area contributed by atoms with Crippen LogP contribution in [0.2, 0.25) is 0 Å². The van der Waals surface area contributed by atoms with Crippen LogP contribution in [0.25, 0.3) is 0 Å². The maximum Gasteiger partial charge on any atom is 0.222 e. The standard InChI is InChI=1S/C20H32N4O/c1-14-19(15(2)22(3)21-14)8-9-20(25)24-12-17-6-7-18(13-24)23(11-17)10-16-4-5-16/h16-18H,4-13H2,1-3H3/t17-,18-/m1/s1. The van der Waals surface area contributed by atoms with Crippen LogP contribution in [0.1, 0.15) is 49.1 Å². The van der Waals surface area contributed by atoms with Gasteiger partial charge in [-0.3, -0.25) is 14.4 Å². The fourth-order valence-electron chi connectivity index (χ4n) is 4.81. The van der Waals surface area contributed by atoms with Crippen LogP contribution in [0, 0.1) is 25.7 Å².